The number of amides is 2. The molecule has 3 N–H and O–H groups in total. The highest BCUT2D eigenvalue weighted by molar-refractivity contribution is 5.96. The lowest BCUT2D eigenvalue weighted by Crippen LogP contribution is -2.35. The molecule has 2 amide bonds. The first-order valence-corrected chi connectivity index (χ1v) is 9.79. The standard InChI is InChI=1S/C24H24FN3O3/c1-24(2,31-23(26)30)15-21(18-3-7-19(25)8-4-18)22(29)28-20-9-5-16(6-10-20)17-11-13-27-14-12-17/h3-14,21H,15H2,1-2H3,(H2,26,30)(H,28,29). The second kappa shape index (κ2) is 9.38. The number of halogens is 1. The molecule has 1 atom stereocenters. The lowest BCUT2D eigenvalue weighted by Gasteiger charge is -2.28. The summed E-state index contributed by atoms with van der Waals surface area (Å²) < 4.78 is 18.6. The number of hydrogen-bond donors (Lipinski definition) is 2. The van der Waals surface area contributed by atoms with Gasteiger partial charge in [0.05, 0.1) is 5.92 Å². The van der Waals surface area contributed by atoms with Gasteiger partial charge in [-0.25, -0.2) is 9.18 Å². The van der Waals surface area contributed by atoms with Gasteiger partial charge in [-0.1, -0.05) is 24.3 Å². The molecule has 0 aliphatic heterocycles. The number of carbonyl (C=O) groups is 2. The van der Waals surface area contributed by atoms with Crippen LogP contribution in [0.4, 0.5) is 14.9 Å². The highest BCUT2D eigenvalue weighted by atomic mass is 19.1. The number of benzene rings is 2. The van der Waals surface area contributed by atoms with E-state index in [1.165, 1.54) is 12.1 Å². The minimum atomic E-state index is -0.993. The van der Waals surface area contributed by atoms with Crippen molar-refractivity contribution < 1.29 is 18.7 Å². The van der Waals surface area contributed by atoms with E-state index in [0.717, 1.165) is 11.1 Å². The molecular weight excluding hydrogens is 397 g/mol. The summed E-state index contributed by atoms with van der Waals surface area (Å²) in [6, 6.07) is 16.9. The van der Waals surface area contributed by atoms with Gasteiger partial charge in [0, 0.05) is 24.5 Å². The van der Waals surface area contributed by atoms with E-state index in [0.29, 0.717) is 11.3 Å². The number of ether oxygens (including phenoxy) is 1. The van der Waals surface area contributed by atoms with E-state index in [1.807, 2.05) is 24.3 Å². The first-order chi connectivity index (χ1) is 14.7. The summed E-state index contributed by atoms with van der Waals surface area (Å²) in [6.45, 7) is 3.34. The van der Waals surface area contributed by atoms with Gasteiger partial charge < -0.3 is 15.8 Å². The summed E-state index contributed by atoms with van der Waals surface area (Å²) in [5.41, 5.74) is 7.39. The van der Waals surface area contributed by atoms with Gasteiger partial charge in [-0.3, -0.25) is 9.78 Å². The molecule has 160 valence electrons. The van der Waals surface area contributed by atoms with Gasteiger partial charge in [0.2, 0.25) is 5.91 Å². The Hall–Kier alpha value is -3.74. The van der Waals surface area contributed by atoms with Crippen molar-refractivity contribution in [3.05, 3.63) is 84.4 Å². The van der Waals surface area contributed by atoms with Crippen LogP contribution in [-0.2, 0) is 9.53 Å². The second-order valence-corrected chi connectivity index (χ2v) is 7.79. The number of hydrogen-bond acceptors (Lipinski definition) is 4. The van der Waals surface area contributed by atoms with E-state index >= 15 is 0 Å². The van der Waals surface area contributed by atoms with Gasteiger partial charge in [-0.05, 0) is 66.9 Å². The molecule has 0 bridgehead atoms. The number of anilines is 1. The smallest absolute Gasteiger partial charge is 0.405 e. The molecule has 6 nitrogen and oxygen atoms in total. The third-order valence-corrected chi connectivity index (χ3v) is 4.83. The SMILES string of the molecule is CC(C)(CC(C(=O)Nc1ccc(-c2ccncc2)cc1)c1ccc(F)cc1)OC(N)=O. The van der Waals surface area contributed by atoms with E-state index < -0.39 is 23.4 Å². The molecule has 0 saturated carbocycles. The molecule has 7 heteroatoms. The van der Waals surface area contributed by atoms with Crippen LogP contribution >= 0.6 is 0 Å². The zero-order chi connectivity index (χ0) is 22.4. The first kappa shape index (κ1) is 22.0. The fraction of sp³-hybridized carbons (Fsp3) is 0.208. The van der Waals surface area contributed by atoms with Gasteiger partial charge in [-0.15, -0.1) is 0 Å². The van der Waals surface area contributed by atoms with Crippen LogP contribution in [0.5, 0.6) is 0 Å². The van der Waals surface area contributed by atoms with Gasteiger partial charge >= 0.3 is 6.09 Å². The van der Waals surface area contributed by atoms with Gasteiger partial charge in [0.1, 0.15) is 11.4 Å². The summed E-state index contributed by atoms with van der Waals surface area (Å²) in [5.74, 6) is -1.39. The van der Waals surface area contributed by atoms with Crippen molar-refractivity contribution in [2.24, 2.45) is 5.73 Å². The topological polar surface area (TPSA) is 94.3 Å². The van der Waals surface area contributed by atoms with Gasteiger partial charge in [0.25, 0.3) is 0 Å². The average molecular weight is 421 g/mol. The number of nitrogens with two attached hydrogens (primary N) is 1. The zero-order valence-corrected chi connectivity index (χ0v) is 17.3. The predicted octanol–water partition coefficient (Wildman–Crippen LogP) is 4.87. The number of rotatable bonds is 7. The third-order valence-electron chi connectivity index (χ3n) is 4.83. The second-order valence-electron chi connectivity index (χ2n) is 7.79. The summed E-state index contributed by atoms with van der Waals surface area (Å²) in [4.78, 5) is 28.4. The van der Waals surface area contributed by atoms with Crippen LogP contribution in [0.2, 0.25) is 0 Å². The Bertz CT molecular complexity index is 1040. The lowest BCUT2D eigenvalue weighted by molar-refractivity contribution is -0.119. The summed E-state index contributed by atoms with van der Waals surface area (Å²) in [7, 11) is 0. The number of carbonyl (C=O) groups excluding carboxylic acids is 2. The van der Waals surface area contributed by atoms with Crippen LogP contribution in [0, 0.1) is 5.82 Å². The van der Waals surface area contributed by atoms with E-state index in [9.17, 15) is 14.0 Å². The lowest BCUT2D eigenvalue weighted by atomic mass is 9.87. The van der Waals surface area contributed by atoms with Crippen LogP contribution in [0.15, 0.2) is 73.1 Å². The Kier molecular flexibility index (Phi) is 6.65. The van der Waals surface area contributed by atoms with Crippen molar-refractivity contribution in [3.63, 3.8) is 0 Å². The minimum Gasteiger partial charge on any atom is -0.444 e. The first-order valence-electron chi connectivity index (χ1n) is 9.79. The van der Waals surface area contributed by atoms with Crippen LogP contribution in [-0.4, -0.2) is 22.6 Å². The molecule has 3 aromatic rings. The van der Waals surface area contributed by atoms with E-state index in [2.05, 4.69) is 10.3 Å². The molecule has 0 saturated heterocycles. The minimum absolute atomic E-state index is 0.169. The van der Waals surface area contributed by atoms with E-state index in [1.54, 1.807) is 50.5 Å². The number of aromatic nitrogens is 1. The van der Waals surface area contributed by atoms with Crippen LogP contribution in [0.3, 0.4) is 0 Å². The number of primary amides is 1. The van der Waals surface area contributed by atoms with Crippen molar-refractivity contribution >= 4 is 17.7 Å². The summed E-state index contributed by atoms with van der Waals surface area (Å²) >= 11 is 0. The summed E-state index contributed by atoms with van der Waals surface area (Å²) in [5, 5.41) is 2.89. The Labute approximate surface area is 180 Å². The molecule has 1 aromatic heterocycles. The van der Waals surface area contributed by atoms with E-state index in [-0.39, 0.29) is 12.3 Å². The summed E-state index contributed by atoms with van der Waals surface area (Å²) in [6.07, 6.45) is 2.68. The van der Waals surface area contributed by atoms with Crippen molar-refractivity contribution in [3.8, 4) is 11.1 Å². The van der Waals surface area contributed by atoms with Crippen LogP contribution in [0.25, 0.3) is 11.1 Å². The zero-order valence-electron chi connectivity index (χ0n) is 17.3. The molecule has 0 aliphatic rings. The van der Waals surface area contributed by atoms with Gasteiger partial charge in [0.15, 0.2) is 0 Å². The molecule has 2 aromatic carbocycles. The molecule has 0 spiro atoms. The highest BCUT2D eigenvalue weighted by Gasteiger charge is 2.32. The predicted molar refractivity (Wildman–Crippen MR) is 117 cm³/mol. The van der Waals surface area contributed by atoms with Crippen LogP contribution < -0.4 is 11.1 Å². The van der Waals surface area contributed by atoms with Crippen molar-refractivity contribution in [1.82, 2.24) is 4.98 Å². The third kappa shape index (κ3) is 6.12. The number of pyridine rings is 1. The maximum absolute atomic E-state index is 13.4. The molecular formula is C24H24FN3O3. The highest BCUT2D eigenvalue weighted by Crippen LogP contribution is 2.30. The maximum Gasteiger partial charge on any atom is 0.405 e. The quantitative estimate of drug-likeness (QED) is 0.569. The van der Waals surface area contributed by atoms with Crippen molar-refractivity contribution in [1.29, 1.82) is 0 Å². The maximum atomic E-state index is 13.4. The Morgan fingerprint density at radius 3 is 2.16 bits per heavy atom. The van der Waals surface area contributed by atoms with E-state index in [4.69, 9.17) is 10.5 Å². The molecule has 0 aliphatic carbocycles. The molecule has 0 radical (unpaired) electrons. The Balaban J connectivity index is 1.80. The van der Waals surface area contributed by atoms with Crippen LogP contribution in [0.1, 0.15) is 31.7 Å². The largest absolute Gasteiger partial charge is 0.444 e. The number of nitrogens with zero attached hydrogens (tertiary/aromatic N) is 1. The molecule has 3 rings (SSSR count). The Morgan fingerprint density at radius 1 is 1.00 bits per heavy atom. The molecule has 31 heavy (non-hydrogen) atoms. The molecule has 0 fully saturated rings. The monoisotopic (exact) mass is 421 g/mol. The van der Waals surface area contributed by atoms with Crippen molar-refractivity contribution in [2.75, 3.05) is 5.32 Å². The van der Waals surface area contributed by atoms with Crippen molar-refractivity contribution in [2.45, 2.75) is 31.8 Å². The molecule has 1 heterocycles. The van der Waals surface area contributed by atoms with Gasteiger partial charge in [-0.2, -0.15) is 0 Å². The number of nitrogens with one attached hydrogen (secondary N) is 1. The fourth-order valence-corrected chi connectivity index (χ4v) is 3.38. The molecule has 1 unspecified atom stereocenters. The Morgan fingerprint density at radius 2 is 1.58 bits per heavy atom. The normalized spacial score (nSPS) is 12.1. The average Bonchev–Trinajstić information content (AvgIpc) is 2.73. The fourth-order valence-electron chi connectivity index (χ4n) is 3.38.